The van der Waals surface area contributed by atoms with Crippen LogP contribution < -0.4 is 0 Å². The highest BCUT2D eigenvalue weighted by molar-refractivity contribution is 5.76. The highest BCUT2D eigenvalue weighted by Gasteiger charge is 2.51. The zero-order valence-electron chi connectivity index (χ0n) is 15.2. The predicted octanol–water partition coefficient (Wildman–Crippen LogP) is 3.28. The lowest BCUT2D eigenvalue weighted by molar-refractivity contribution is -0.154. The first-order valence-corrected chi connectivity index (χ1v) is 8.75. The number of carbonyl (C=O) groups is 1. The van der Waals surface area contributed by atoms with Gasteiger partial charge in [0.25, 0.3) is 0 Å². The van der Waals surface area contributed by atoms with E-state index in [4.69, 9.17) is 4.74 Å². The number of benzene rings is 1. The first kappa shape index (κ1) is 18.5. The van der Waals surface area contributed by atoms with Crippen LogP contribution >= 0.6 is 0 Å². The van der Waals surface area contributed by atoms with Crippen LogP contribution in [0.3, 0.4) is 0 Å². The summed E-state index contributed by atoms with van der Waals surface area (Å²) in [5.74, 6) is -0.878. The average molecular weight is 328 g/mol. The lowest BCUT2D eigenvalue weighted by atomic mass is 9.59. The van der Waals surface area contributed by atoms with Gasteiger partial charge in [0.15, 0.2) is 0 Å². The molecular formula is C20H28N2O2. The molecule has 1 saturated heterocycles. The van der Waals surface area contributed by atoms with Crippen molar-refractivity contribution in [2.45, 2.75) is 39.7 Å². The van der Waals surface area contributed by atoms with E-state index in [1.807, 2.05) is 18.2 Å². The number of likely N-dealkylation sites (tertiary alicyclic amines) is 1. The minimum Gasteiger partial charge on any atom is -0.465 e. The largest absolute Gasteiger partial charge is 0.465 e. The number of nitriles is 1. The van der Waals surface area contributed by atoms with Crippen molar-refractivity contribution in [2.75, 3.05) is 20.2 Å². The van der Waals surface area contributed by atoms with Crippen LogP contribution in [0.4, 0.5) is 0 Å². The van der Waals surface area contributed by atoms with Crippen LogP contribution in [0, 0.1) is 28.6 Å². The first-order chi connectivity index (χ1) is 11.4. The number of carbonyl (C=O) groups excluding carboxylic acids is 1. The highest BCUT2D eigenvalue weighted by atomic mass is 16.5. The van der Waals surface area contributed by atoms with Crippen LogP contribution in [-0.2, 0) is 16.0 Å². The Bertz CT molecular complexity index is 595. The Labute approximate surface area is 145 Å². The zero-order chi connectivity index (χ0) is 17.7. The highest BCUT2D eigenvalue weighted by Crippen LogP contribution is 2.47. The summed E-state index contributed by atoms with van der Waals surface area (Å²) in [4.78, 5) is 14.9. The topological polar surface area (TPSA) is 53.3 Å². The monoisotopic (exact) mass is 328 g/mol. The van der Waals surface area contributed by atoms with E-state index in [1.165, 1.54) is 5.56 Å². The maximum absolute atomic E-state index is 12.5. The van der Waals surface area contributed by atoms with Gasteiger partial charge < -0.3 is 9.64 Å². The third-order valence-electron chi connectivity index (χ3n) is 5.57. The van der Waals surface area contributed by atoms with E-state index in [0.29, 0.717) is 12.6 Å². The van der Waals surface area contributed by atoms with Gasteiger partial charge in [-0.25, -0.2) is 0 Å². The summed E-state index contributed by atoms with van der Waals surface area (Å²) in [6, 6.07) is 12.8. The number of nitrogens with zero attached hydrogens (tertiary/aromatic N) is 2. The molecule has 1 aromatic rings. The summed E-state index contributed by atoms with van der Waals surface area (Å²) in [5.41, 5.74) is 0.777. The van der Waals surface area contributed by atoms with E-state index in [2.05, 4.69) is 44.0 Å². The number of hydrogen-bond acceptors (Lipinski definition) is 4. The Morgan fingerprint density at radius 1 is 1.42 bits per heavy atom. The molecule has 0 bridgehead atoms. The molecule has 4 heteroatoms. The third-order valence-corrected chi connectivity index (χ3v) is 5.57. The Hall–Kier alpha value is -1.86. The average Bonchev–Trinajstić information content (AvgIpc) is 2.55. The van der Waals surface area contributed by atoms with Crippen molar-refractivity contribution in [3.05, 3.63) is 35.9 Å². The second-order valence-corrected chi connectivity index (χ2v) is 7.10. The molecule has 1 aliphatic rings. The van der Waals surface area contributed by atoms with Gasteiger partial charge in [0.05, 0.1) is 12.7 Å². The standard InChI is InChI=1S/C20H28N2O2/c1-5-24-19(23)18(13-21)20(12-17-9-7-6-8-10-17)11-16(3)22(4)14-15(20)2/h6-10,15-16,18H,5,11-12,14H2,1-4H3/t15-,16+,18+,20+/m0/s1. The van der Waals surface area contributed by atoms with Crippen molar-refractivity contribution in [1.29, 1.82) is 5.26 Å². The number of esters is 1. The molecule has 0 radical (unpaired) electrons. The molecule has 0 spiro atoms. The fraction of sp³-hybridized carbons (Fsp3) is 0.600. The van der Waals surface area contributed by atoms with E-state index in [0.717, 1.165) is 19.4 Å². The molecule has 4 atom stereocenters. The Kier molecular flexibility index (Phi) is 6.01. The van der Waals surface area contributed by atoms with E-state index in [9.17, 15) is 10.1 Å². The molecule has 0 saturated carbocycles. The normalized spacial score (nSPS) is 28.8. The Morgan fingerprint density at radius 3 is 2.67 bits per heavy atom. The minimum atomic E-state index is -0.733. The summed E-state index contributed by atoms with van der Waals surface area (Å²) in [6.07, 6.45) is 1.54. The number of ether oxygens (including phenoxy) is 1. The molecule has 1 heterocycles. The fourth-order valence-corrected chi connectivity index (χ4v) is 4.07. The lowest BCUT2D eigenvalue weighted by Crippen LogP contribution is -2.55. The van der Waals surface area contributed by atoms with Gasteiger partial charge >= 0.3 is 5.97 Å². The van der Waals surface area contributed by atoms with E-state index in [-0.39, 0.29) is 11.9 Å². The van der Waals surface area contributed by atoms with Crippen molar-refractivity contribution >= 4 is 5.97 Å². The maximum atomic E-state index is 12.5. The molecule has 0 aromatic heterocycles. The van der Waals surface area contributed by atoms with Gasteiger partial charge in [0, 0.05) is 18.0 Å². The molecule has 0 aliphatic carbocycles. The molecule has 24 heavy (non-hydrogen) atoms. The maximum Gasteiger partial charge on any atom is 0.323 e. The number of piperidine rings is 1. The second kappa shape index (κ2) is 7.81. The van der Waals surface area contributed by atoms with Gasteiger partial charge in [-0.05, 0) is 45.2 Å². The molecule has 1 fully saturated rings. The third kappa shape index (κ3) is 3.62. The van der Waals surface area contributed by atoms with Crippen LogP contribution in [0.5, 0.6) is 0 Å². The molecule has 0 unspecified atom stereocenters. The summed E-state index contributed by atoms with van der Waals surface area (Å²) in [7, 11) is 2.11. The summed E-state index contributed by atoms with van der Waals surface area (Å²) >= 11 is 0. The molecule has 0 amide bonds. The molecular weight excluding hydrogens is 300 g/mol. The van der Waals surface area contributed by atoms with Crippen LogP contribution in [0.15, 0.2) is 30.3 Å². The fourth-order valence-electron chi connectivity index (χ4n) is 4.07. The SMILES string of the molecule is CCOC(=O)[C@@H](C#N)[C@@]1(Cc2ccccc2)C[C@@H](C)N(C)C[C@@H]1C. The van der Waals surface area contributed by atoms with Crippen molar-refractivity contribution in [2.24, 2.45) is 17.3 Å². The lowest BCUT2D eigenvalue weighted by Gasteiger charge is -2.50. The van der Waals surface area contributed by atoms with E-state index >= 15 is 0 Å². The van der Waals surface area contributed by atoms with Gasteiger partial charge in [-0.1, -0.05) is 37.3 Å². The number of hydrogen-bond donors (Lipinski definition) is 0. The van der Waals surface area contributed by atoms with Crippen molar-refractivity contribution in [1.82, 2.24) is 4.90 Å². The zero-order valence-corrected chi connectivity index (χ0v) is 15.2. The van der Waals surface area contributed by atoms with Gasteiger partial charge in [-0.2, -0.15) is 5.26 Å². The van der Waals surface area contributed by atoms with Crippen LogP contribution in [0.2, 0.25) is 0 Å². The van der Waals surface area contributed by atoms with Crippen molar-refractivity contribution in [3.8, 4) is 6.07 Å². The Morgan fingerprint density at radius 2 is 2.08 bits per heavy atom. The van der Waals surface area contributed by atoms with Gasteiger partial charge in [-0.3, -0.25) is 4.79 Å². The van der Waals surface area contributed by atoms with Gasteiger partial charge in [-0.15, -0.1) is 0 Å². The smallest absolute Gasteiger partial charge is 0.323 e. The summed E-state index contributed by atoms with van der Waals surface area (Å²) in [6.45, 7) is 7.31. The van der Waals surface area contributed by atoms with Crippen LogP contribution in [-0.4, -0.2) is 37.1 Å². The molecule has 0 N–H and O–H groups in total. The van der Waals surface area contributed by atoms with E-state index < -0.39 is 11.3 Å². The van der Waals surface area contributed by atoms with Crippen LogP contribution in [0.1, 0.15) is 32.8 Å². The van der Waals surface area contributed by atoms with E-state index in [1.54, 1.807) is 6.92 Å². The first-order valence-electron chi connectivity index (χ1n) is 8.75. The molecule has 1 aromatic carbocycles. The second-order valence-electron chi connectivity index (χ2n) is 7.10. The van der Waals surface area contributed by atoms with Crippen LogP contribution in [0.25, 0.3) is 0 Å². The molecule has 4 nitrogen and oxygen atoms in total. The van der Waals surface area contributed by atoms with Crippen molar-refractivity contribution in [3.63, 3.8) is 0 Å². The molecule has 2 rings (SSSR count). The quantitative estimate of drug-likeness (QED) is 0.778. The van der Waals surface area contributed by atoms with Gasteiger partial charge in [0.2, 0.25) is 0 Å². The Balaban J connectivity index is 2.44. The number of rotatable bonds is 5. The molecule has 1 aliphatic heterocycles. The van der Waals surface area contributed by atoms with Crippen molar-refractivity contribution < 1.29 is 9.53 Å². The van der Waals surface area contributed by atoms with Gasteiger partial charge in [0.1, 0.15) is 5.92 Å². The molecule has 130 valence electrons. The summed E-state index contributed by atoms with van der Waals surface area (Å²) < 4.78 is 5.25. The predicted molar refractivity (Wildman–Crippen MR) is 94.2 cm³/mol. The summed E-state index contributed by atoms with van der Waals surface area (Å²) in [5, 5.41) is 9.82. The minimum absolute atomic E-state index is 0.230.